The molecule has 172 valence electrons. The third-order valence-electron chi connectivity index (χ3n) is 4.87. The van der Waals surface area contributed by atoms with Crippen molar-refractivity contribution in [2.75, 3.05) is 25.6 Å². The van der Waals surface area contributed by atoms with Crippen LogP contribution in [0.15, 0.2) is 47.3 Å². The van der Waals surface area contributed by atoms with E-state index in [1.807, 2.05) is 38.1 Å². The zero-order chi connectivity index (χ0) is 23.4. The SMILES string of the molecule is COc1ccccc1Nc1nn2c(=O)c3ccc(C(=O)NCCCOC(C)C)cc3nc2s1. The number of methoxy groups -OCH3 is 1. The van der Waals surface area contributed by atoms with Crippen LogP contribution in [0.2, 0.25) is 0 Å². The highest BCUT2D eigenvalue weighted by Crippen LogP contribution is 2.29. The molecule has 9 nitrogen and oxygen atoms in total. The maximum Gasteiger partial charge on any atom is 0.283 e. The van der Waals surface area contributed by atoms with Crippen LogP contribution in [0.25, 0.3) is 15.9 Å². The van der Waals surface area contributed by atoms with Crippen LogP contribution in [0.3, 0.4) is 0 Å². The molecule has 4 rings (SSSR count). The lowest BCUT2D eigenvalue weighted by molar-refractivity contribution is 0.0757. The van der Waals surface area contributed by atoms with E-state index in [9.17, 15) is 9.59 Å². The number of aromatic nitrogens is 3. The van der Waals surface area contributed by atoms with E-state index in [1.165, 1.54) is 15.9 Å². The van der Waals surface area contributed by atoms with Gasteiger partial charge in [0.15, 0.2) is 0 Å². The molecule has 0 aliphatic heterocycles. The molecule has 4 aromatic rings. The number of ether oxygens (including phenoxy) is 2. The molecule has 10 heteroatoms. The van der Waals surface area contributed by atoms with Crippen molar-refractivity contribution in [3.8, 4) is 5.75 Å². The summed E-state index contributed by atoms with van der Waals surface area (Å²) in [6.45, 7) is 5.04. The highest BCUT2D eigenvalue weighted by Gasteiger charge is 2.14. The summed E-state index contributed by atoms with van der Waals surface area (Å²) >= 11 is 1.24. The van der Waals surface area contributed by atoms with Crippen molar-refractivity contribution in [2.24, 2.45) is 0 Å². The molecule has 0 radical (unpaired) electrons. The van der Waals surface area contributed by atoms with Gasteiger partial charge in [-0.3, -0.25) is 9.59 Å². The molecule has 2 aromatic heterocycles. The highest BCUT2D eigenvalue weighted by molar-refractivity contribution is 7.20. The minimum atomic E-state index is -0.294. The van der Waals surface area contributed by atoms with Crippen molar-refractivity contribution >= 4 is 43.9 Å². The number of rotatable bonds is 9. The fourth-order valence-electron chi connectivity index (χ4n) is 3.26. The van der Waals surface area contributed by atoms with Gasteiger partial charge in [0.2, 0.25) is 10.1 Å². The van der Waals surface area contributed by atoms with Crippen LogP contribution in [0.4, 0.5) is 10.8 Å². The maximum atomic E-state index is 13.0. The number of para-hydroxylation sites is 2. The second-order valence-electron chi connectivity index (χ2n) is 7.60. The topological polar surface area (TPSA) is 107 Å². The minimum absolute atomic E-state index is 0.167. The van der Waals surface area contributed by atoms with Crippen molar-refractivity contribution in [1.29, 1.82) is 0 Å². The molecule has 1 amide bonds. The van der Waals surface area contributed by atoms with Crippen molar-refractivity contribution in [3.63, 3.8) is 0 Å². The number of fused-ring (bicyclic) bond motifs is 2. The number of anilines is 2. The van der Waals surface area contributed by atoms with E-state index in [0.29, 0.717) is 45.5 Å². The third kappa shape index (κ3) is 5.12. The van der Waals surface area contributed by atoms with E-state index < -0.39 is 0 Å². The molecule has 0 spiro atoms. The first kappa shape index (κ1) is 22.7. The van der Waals surface area contributed by atoms with Gasteiger partial charge in [-0.1, -0.05) is 23.5 Å². The molecule has 2 N–H and O–H groups in total. The zero-order valence-corrected chi connectivity index (χ0v) is 19.4. The highest BCUT2D eigenvalue weighted by atomic mass is 32.1. The molecule has 0 bridgehead atoms. The summed E-state index contributed by atoms with van der Waals surface area (Å²) in [5, 5.41) is 11.3. The summed E-state index contributed by atoms with van der Waals surface area (Å²) in [7, 11) is 1.59. The third-order valence-corrected chi connectivity index (χ3v) is 5.69. The summed E-state index contributed by atoms with van der Waals surface area (Å²) in [5.41, 5.74) is 1.33. The number of nitrogens with zero attached hydrogens (tertiary/aromatic N) is 3. The number of amides is 1. The smallest absolute Gasteiger partial charge is 0.283 e. The van der Waals surface area contributed by atoms with Gasteiger partial charge in [0, 0.05) is 18.7 Å². The monoisotopic (exact) mass is 467 g/mol. The van der Waals surface area contributed by atoms with Crippen LogP contribution >= 0.6 is 11.3 Å². The molecule has 2 aromatic carbocycles. The van der Waals surface area contributed by atoms with Gasteiger partial charge in [-0.25, -0.2) is 4.98 Å². The van der Waals surface area contributed by atoms with Gasteiger partial charge >= 0.3 is 0 Å². The first-order valence-electron chi connectivity index (χ1n) is 10.6. The number of benzene rings is 2. The molecule has 0 fully saturated rings. The minimum Gasteiger partial charge on any atom is -0.495 e. The zero-order valence-electron chi connectivity index (χ0n) is 18.6. The molecule has 0 aliphatic rings. The van der Waals surface area contributed by atoms with Crippen LogP contribution in [-0.4, -0.2) is 46.9 Å². The van der Waals surface area contributed by atoms with Crippen molar-refractivity contribution in [3.05, 3.63) is 58.4 Å². The number of hydrogen-bond acceptors (Lipinski definition) is 8. The lowest BCUT2D eigenvalue weighted by Gasteiger charge is -2.08. The van der Waals surface area contributed by atoms with Crippen LogP contribution in [0.5, 0.6) is 5.75 Å². The van der Waals surface area contributed by atoms with Crippen molar-refractivity contribution in [1.82, 2.24) is 19.9 Å². The van der Waals surface area contributed by atoms with E-state index in [2.05, 4.69) is 20.7 Å². The summed E-state index contributed by atoms with van der Waals surface area (Å²) in [5.74, 6) is 0.444. The van der Waals surface area contributed by atoms with E-state index >= 15 is 0 Å². The second-order valence-corrected chi connectivity index (χ2v) is 8.56. The Hall–Kier alpha value is -3.50. The summed E-state index contributed by atoms with van der Waals surface area (Å²) in [6.07, 6.45) is 0.890. The molecule has 0 saturated heterocycles. The molecule has 33 heavy (non-hydrogen) atoms. The van der Waals surface area contributed by atoms with Crippen LogP contribution in [0, 0.1) is 0 Å². The standard InChI is InChI=1S/C23H25N5O4S/c1-14(2)32-12-6-11-24-20(29)15-9-10-16-18(13-15)26-23-28(21(16)30)27-22(33-23)25-17-7-4-5-8-19(17)31-3/h4-5,7-10,13-14H,6,11-12H2,1-3H3,(H,24,29)(H,25,27). The van der Waals surface area contributed by atoms with Gasteiger partial charge in [-0.2, -0.15) is 4.52 Å². The Kier molecular flexibility index (Phi) is 6.85. The molecular formula is C23H25N5O4S. The lowest BCUT2D eigenvalue weighted by Crippen LogP contribution is -2.25. The Morgan fingerprint density at radius 2 is 2.03 bits per heavy atom. The fourth-order valence-corrected chi connectivity index (χ4v) is 4.07. The van der Waals surface area contributed by atoms with Crippen molar-refractivity contribution in [2.45, 2.75) is 26.4 Å². The van der Waals surface area contributed by atoms with Crippen molar-refractivity contribution < 1.29 is 14.3 Å². The predicted molar refractivity (Wildman–Crippen MR) is 129 cm³/mol. The van der Waals surface area contributed by atoms with Gasteiger partial charge in [0.1, 0.15) is 5.75 Å². The van der Waals surface area contributed by atoms with Crippen LogP contribution in [-0.2, 0) is 4.74 Å². The Labute approximate surface area is 194 Å². The molecule has 0 saturated carbocycles. The second kappa shape index (κ2) is 9.97. The number of carbonyl (C=O) groups is 1. The Bertz CT molecular complexity index is 1350. The van der Waals surface area contributed by atoms with E-state index in [0.717, 1.165) is 12.1 Å². The average molecular weight is 468 g/mol. The number of carbonyl (C=O) groups excluding carboxylic acids is 1. The van der Waals surface area contributed by atoms with Gasteiger partial charge in [-0.05, 0) is 50.6 Å². The normalized spacial score (nSPS) is 11.3. The Morgan fingerprint density at radius 3 is 2.82 bits per heavy atom. The van der Waals surface area contributed by atoms with Crippen LogP contribution < -0.4 is 20.9 Å². The van der Waals surface area contributed by atoms with E-state index in [-0.39, 0.29) is 17.6 Å². The first-order chi connectivity index (χ1) is 16.0. The fraction of sp³-hybridized carbons (Fsp3) is 0.304. The largest absolute Gasteiger partial charge is 0.495 e. The van der Waals surface area contributed by atoms with E-state index in [4.69, 9.17) is 9.47 Å². The molecule has 0 unspecified atom stereocenters. The molecule has 0 atom stereocenters. The maximum absolute atomic E-state index is 13.0. The molecule has 0 aliphatic carbocycles. The molecule has 2 heterocycles. The summed E-state index contributed by atoms with van der Waals surface area (Å²) in [6, 6.07) is 12.3. The number of hydrogen-bond donors (Lipinski definition) is 2. The van der Waals surface area contributed by atoms with Gasteiger partial charge in [0.05, 0.1) is 29.8 Å². The summed E-state index contributed by atoms with van der Waals surface area (Å²) in [4.78, 5) is 30.5. The van der Waals surface area contributed by atoms with E-state index in [1.54, 1.807) is 25.3 Å². The Balaban J connectivity index is 1.56. The summed E-state index contributed by atoms with van der Waals surface area (Å²) < 4.78 is 12.1. The number of nitrogens with one attached hydrogen (secondary N) is 2. The lowest BCUT2D eigenvalue weighted by atomic mass is 10.1. The molecular weight excluding hydrogens is 442 g/mol. The van der Waals surface area contributed by atoms with Gasteiger partial charge in [-0.15, -0.1) is 5.10 Å². The quantitative estimate of drug-likeness (QED) is 0.362. The van der Waals surface area contributed by atoms with Crippen LogP contribution in [0.1, 0.15) is 30.6 Å². The Morgan fingerprint density at radius 1 is 1.21 bits per heavy atom. The predicted octanol–water partition coefficient (Wildman–Crippen LogP) is 3.60. The van der Waals surface area contributed by atoms with Gasteiger partial charge < -0.3 is 20.1 Å². The average Bonchev–Trinajstić information content (AvgIpc) is 3.21. The van der Waals surface area contributed by atoms with Gasteiger partial charge in [0.25, 0.3) is 11.5 Å². The first-order valence-corrected chi connectivity index (χ1v) is 11.4.